The number of carboxylic acid groups (broad SMARTS) is 1. The van der Waals surface area contributed by atoms with E-state index in [2.05, 4.69) is 0 Å². The lowest BCUT2D eigenvalue weighted by Gasteiger charge is -2.20. The molecule has 1 N–H and O–H groups in total. The molecule has 0 heterocycles. The van der Waals surface area contributed by atoms with Gasteiger partial charge in [-0.2, -0.15) is 0 Å². The van der Waals surface area contributed by atoms with Crippen molar-refractivity contribution in [3.8, 4) is 0 Å². The van der Waals surface area contributed by atoms with E-state index < -0.39 is 11.9 Å². The molecule has 0 saturated heterocycles. The van der Waals surface area contributed by atoms with Crippen LogP contribution in [0.2, 0.25) is 0 Å². The van der Waals surface area contributed by atoms with E-state index in [1.54, 1.807) is 18.9 Å². The van der Waals surface area contributed by atoms with Crippen molar-refractivity contribution in [2.75, 3.05) is 13.6 Å². The van der Waals surface area contributed by atoms with Crippen molar-refractivity contribution >= 4 is 11.9 Å². The van der Waals surface area contributed by atoms with E-state index in [-0.39, 0.29) is 11.8 Å². The zero-order valence-corrected chi connectivity index (χ0v) is 9.85. The van der Waals surface area contributed by atoms with Crippen LogP contribution >= 0.6 is 0 Å². The summed E-state index contributed by atoms with van der Waals surface area (Å²) in [4.78, 5) is 24.3. The van der Waals surface area contributed by atoms with Crippen LogP contribution in [0.15, 0.2) is 0 Å². The van der Waals surface area contributed by atoms with Gasteiger partial charge in [-0.1, -0.05) is 13.3 Å². The van der Waals surface area contributed by atoms with Gasteiger partial charge in [0.05, 0.1) is 5.92 Å². The highest BCUT2D eigenvalue weighted by molar-refractivity contribution is 5.83. The van der Waals surface area contributed by atoms with Crippen LogP contribution in [0.4, 0.5) is 0 Å². The second-order valence-electron chi connectivity index (χ2n) is 5.24. The molecule has 0 aromatic carbocycles. The van der Waals surface area contributed by atoms with Crippen LogP contribution in [0, 0.1) is 23.7 Å². The molecule has 0 aromatic rings. The first-order valence-corrected chi connectivity index (χ1v) is 6.00. The fourth-order valence-electron chi connectivity index (χ4n) is 3.02. The predicted octanol–water partition coefficient (Wildman–Crippen LogP) is 1.21. The quantitative estimate of drug-likeness (QED) is 0.782. The summed E-state index contributed by atoms with van der Waals surface area (Å²) in [6.45, 7) is 1.96. The zero-order chi connectivity index (χ0) is 11.9. The lowest BCUT2D eigenvalue weighted by Crippen LogP contribution is -2.35. The van der Waals surface area contributed by atoms with Gasteiger partial charge in [0.2, 0.25) is 5.91 Å². The summed E-state index contributed by atoms with van der Waals surface area (Å²) in [6.07, 6.45) is 3.63. The lowest BCUT2D eigenvalue weighted by atomic mass is 10.1. The summed E-state index contributed by atoms with van der Waals surface area (Å²) in [5.41, 5.74) is 0. The lowest BCUT2D eigenvalue weighted by molar-refractivity contribution is -0.143. The Labute approximate surface area is 95.6 Å². The van der Waals surface area contributed by atoms with E-state index in [4.69, 9.17) is 5.11 Å². The van der Waals surface area contributed by atoms with Gasteiger partial charge in [-0.15, -0.1) is 0 Å². The Morgan fingerprint density at radius 1 is 1.38 bits per heavy atom. The molecule has 0 bridgehead atoms. The highest BCUT2D eigenvalue weighted by Crippen LogP contribution is 2.58. The molecular formula is C12H19NO3. The molecule has 16 heavy (non-hydrogen) atoms. The number of rotatable bonds is 4. The second-order valence-corrected chi connectivity index (χ2v) is 5.24. The first kappa shape index (κ1) is 11.4. The average Bonchev–Trinajstić information content (AvgIpc) is 2.69. The summed E-state index contributed by atoms with van der Waals surface area (Å²) < 4.78 is 0. The summed E-state index contributed by atoms with van der Waals surface area (Å²) in [5, 5.41) is 8.79. The molecule has 4 nitrogen and oxygen atoms in total. The maximum Gasteiger partial charge on any atom is 0.308 e. The van der Waals surface area contributed by atoms with Gasteiger partial charge in [-0.3, -0.25) is 9.59 Å². The Bertz CT molecular complexity index is 305. The highest BCUT2D eigenvalue weighted by Gasteiger charge is 2.57. The van der Waals surface area contributed by atoms with E-state index in [1.807, 2.05) is 0 Å². The van der Waals surface area contributed by atoms with Gasteiger partial charge in [0.1, 0.15) is 0 Å². The van der Waals surface area contributed by atoms with Crippen LogP contribution in [0.1, 0.15) is 26.2 Å². The Morgan fingerprint density at radius 2 is 1.94 bits per heavy atom. The van der Waals surface area contributed by atoms with Crippen molar-refractivity contribution in [3.05, 3.63) is 0 Å². The molecule has 2 rings (SSSR count). The maximum atomic E-state index is 12.0. The fourth-order valence-corrected chi connectivity index (χ4v) is 3.02. The largest absolute Gasteiger partial charge is 0.481 e. The van der Waals surface area contributed by atoms with Crippen molar-refractivity contribution in [1.82, 2.24) is 4.90 Å². The molecule has 2 fully saturated rings. The van der Waals surface area contributed by atoms with E-state index in [1.165, 1.54) is 19.3 Å². The Kier molecular flexibility index (Phi) is 2.91. The minimum Gasteiger partial charge on any atom is -0.481 e. The molecule has 2 aliphatic carbocycles. The van der Waals surface area contributed by atoms with E-state index >= 15 is 0 Å². The van der Waals surface area contributed by atoms with Crippen molar-refractivity contribution in [2.24, 2.45) is 23.7 Å². The van der Waals surface area contributed by atoms with Gasteiger partial charge in [0, 0.05) is 19.5 Å². The number of hydrogen-bond acceptors (Lipinski definition) is 2. The summed E-state index contributed by atoms with van der Waals surface area (Å²) in [7, 11) is 1.72. The van der Waals surface area contributed by atoms with Gasteiger partial charge in [0.15, 0.2) is 0 Å². The number of nitrogens with zero attached hydrogens (tertiary/aromatic N) is 1. The van der Waals surface area contributed by atoms with Gasteiger partial charge in [-0.25, -0.2) is 0 Å². The topological polar surface area (TPSA) is 57.6 Å². The molecule has 90 valence electrons. The van der Waals surface area contributed by atoms with Crippen molar-refractivity contribution in [1.29, 1.82) is 0 Å². The fraction of sp³-hybridized carbons (Fsp3) is 0.833. The van der Waals surface area contributed by atoms with Gasteiger partial charge >= 0.3 is 5.97 Å². The SMILES string of the molecule is CC(CN(C)C(=O)C1C2CCCC21)C(=O)O. The third-order valence-electron chi connectivity index (χ3n) is 4.04. The number of carbonyl (C=O) groups excluding carboxylic acids is 1. The third-order valence-corrected chi connectivity index (χ3v) is 4.04. The molecule has 0 aliphatic heterocycles. The number of carbonyl (C=O) groups is 2. The Balaban J connectivity index is 1.84. The maximum absolute atomic E-state index is 12.0. The standard InChI is InChI=1S/C12H19NO3/c1-7(12(15)16)6-13(2)11(14)10-8-4-3-5-9(8)10/h7-10H,3-6H2,1-2H3,(H,15,16). The minimum atomic E-state index is -0.837. The Morgan fingerprint density at radius 3 is 2.44 bits per heavy atom. The zero-order valence-electron chi connectivity index (χ0n) is 9.85. The van der Waals surface area contributed by atoms with Crippen LogP contribution < -0.4 is 0 Å². The molecule has 3 atom stereocenters. The third kappa shape index (κ3) is 1.93. The van der Waals surface area contributed by atoms with Crippen LogP contribution in [0.5, 0.6) is 0 Å². The van der Waals surface area contributed by atoms with Crippen LogP contribution in [0.3, 0.4) is 0 Å². The molecular weight excluding hydrogens is 206 g/mol. The normalized spacial score (nSPS) is 33.0. The Hall–Kier alpha value is -1.06. The van der Waals surface area contributed by atoms with Crippen molar-refractivity contribution < 1.29 is 14.7 Å². The summed E-state index contributed by atoms with van der Waals surface area (Å²) in [6, 6.07) is 0. The van der Waals surface area contributed by atoms with Crippen molar-refractivity contribution in [3.63, 3.8) is 0 Å². The first-order chi connectivity index (χ1) is 7.52. The molecule has 0 aromatic heterocycles. The number of fused-ring (bicyclic) bond motifs is 1. The molecule has 0 spiro atoms. The molecule has 1 amide bonds. The molecule has 3 unspecified atom stereocenters. The number of aliphatic carboxylic acids is 1. The monoisotopic (exact) mass is 225 g/mol. The first-order valence-electron chi connectivity index (χ1n) is 6.00. The van der Waals surface area contributed by atoms with Crippen molar-refractivity contribution in [2.45, 2.75) is 26.2 Å². The van der Waals surface area contributed by atoms with Gasteiger partial charge in [0.25, 0.3) is 0 Å². The van der Waals surface area contributed by atoms with E-state index in [0.717, 1.165) is 0 Å². The van der Waals surface area contributed by atoms with Crippen LogP contribution in [-0.4, -0.2) is 35.5 Å². The van der Waals surface area contributed by atoms with Gasteiger partial charge < -0.3 is 10.0 Å². The molecule has 4 heteroatoms. The van der Waals surface area contributed by atoms with E-state index in [0.29, 0.717) is 18.4 Å². The summed E-state index contributed by atoms with van der Waals surface area (Å²) in [5.74, 6) is 0.260. The number of carboxylic acids is 1. The molecule has 2 aliphatic rings. The second kappa shape index (κ2) is 4.07. The van der Waals surface area contributed by atoms with Gasteiger partial charge in [-0.05, 0) is 24.7 Å². The highest BCUT2D eigenvalue weighted by atomic mass is 16.4. The van der Waals surface area contributed by atoms with Crippen LogP contribution in [-0.2, 0) is 9.59 Å². The minimum absolute atomic E-state index is 0.155. The van der Waals surface area contributed by atoms with E-state index in [9.17, 15) is 9.59 Å². The number of hydrogen-bond donors (Lipinski definition) is 1. The predicted molar refractivity (Wildman–Crippen MR) is 58.8 cm³/mol. The van der Waals surface area contributed by atoms with Crippen LogP contribution in [0.25, 0.3) is 0 Å². The average molecular weight is 225 g/mol. The summed E-state index contributed by atoms with van der Waals surface area (Å²) >= 11 is 0. The molecule has 2 saturated carbocycles. The molecule has 0 radical (unpaired) electrons. The number of amides is 1. The smallest absolute Gasteiger partial charge is 0.308 e.